The molecule has 1 atom stereocenters. The number of halogens is 2. The van der Waals surface area contributed by atoms with E-state index >= 15 is 0 Å². The molecule has 2 N–H and O–H groups in total. The van der Waals surface area contributed by atoms with Crippen LogP contribution in [0.4, 0.5) is 10.1 Å². The van der Waals surface area contributed by atoms with Crippen molar-refractivity contribution in [1.29, 1.82) is 0 Å². The number of aliphatic imine (C=N–C) groups is 1. The second kappa shape index (κ2) is 9.11. The number of aromatic nitrogens is 1. The van der Waals surface area contributed by atoms with Gasteiger partial charge in [-0.05, 0) is 91.6 Å². The average Bonchev–Trinajstić information content (AvgIpc) is 2.78. The Labute approximate surface area is 180 Å². The van der Waals surface area contributed by atoms with Gasteiger partial charge in [0.05, 0.1) is 11.2 Å². The fourth-order valence-corrected chi connectivity index (χ4v) is 4.66. The summed E-state index contributed by atoms with van der Waals surface area (Å²) in [5.74, 6) is 1.24. The maximum Gasteiger partial charge on any atom is 0.129 e. The normalized spacial score (nSPS) is 20.9. The van der Waals surface area contributed by atoms with Crippen LogP contribution in [0, 0.1) is 17.7 Å². The number of nitrogens with zero attached hydrogens (tertiary/aromatic N) is 2. The topological polar surface area (TPSA) is 57.5 Å². The van der Waals surface area contributed by atoms with Crippen molar-refractivity contribution in [3.63, 3.8) is 0 Å². The highest BCUT2D eigenvalue weighted by molar-refractivity contribution is 6.30. The third-order valence-corrected chi connectivity index (χ3v) is 6.53. The number of hydrogen-bond acceptors (Lipinski definition) is 3. The van der Waals surface area contributed by atoms with Crippen LogP contribution in [-0.4, -0.2) is 16.0 Å². The molecule has 156 valence electrons. The average molecular weight is 426 g/mol. The molecule has 0 saturated heterocycles. The first-order chi connectivity index (χ1) is 14.5. The first-order valence-electron chi connectivity index (χ1n) is 10.3. The molecule has 0 radical (unpaired) electrons. The molecule has 4 nitrogen and oxygen atoms in total. The van der Waals surface area contributed by atoms with E-state index in [1.807, 2.05) is 24.4 Å². The van der Waals surface area contributed by atoms with Crippen molar-refractivity contribution in [2.24, 2.45) is 16.8 Å². The van der Waals surface area contributed by atoms with E-state index in [1.54, 1.807) is 24.3 Å². The van der Waals surface area contributed by atoms with E-state index in [9.17, 15) is 9.60 Å². The lowest BCUT2D eigenvalue weighted by Gasteiger charge is -2.33. The van der Waals surface area contributed by atoms with Crippen LogP contribution in [0.25, 0.3) is 10.9 Å². The summed E-state index contributed by atoms with van der Waals surface area (Å²) in [6.07, 6.45) is 5.89. The lowest BCUT2D eigenvalue weighted by molar-refractivity contribution is 0.213. The van der Waals surface area contributed by atoms with Gasteiger partial charge in [-0.3, -0.25) is 15.7 Å². The van der Waals surface area contributed by atoms with Crippen LogP contribution in [0.3, 0.4) is 0 Å². The molecule has 0 amide bonds. The Morgan fingerprint density at radius 1 is 1.13 bits per heavy atom. The van der Waals surface area contributed by atoms with Gasteiger partial charge in [0, 0.05) is 22.5 Å². The molecule has 1 heterocycles. The van der Waals surface area contributed by atoms with E-state index in [2.05, 4.69) is 22.4 Å². The number of amidine groups is 1. The third-order valence-electron chi connectivity index (χ3n) is 6.28. The Morgan fingerprint density at radius 3 is 2.57 bits per heavy atom. The molecule has 0 aliphatic heterocycles. The maximum atomic E-state index is 13.8. The summed E-state index contributed by atoms with van der Waals surface area (Å²) in [4.78, 5) is 8.94. The van der Waals surface area contributed by atoms with Crippen molar-refractivity contribution in [3.05, 3.63) is 71.1 Å². The first-order valence-corrected chi connectivity index (χ1v) is 10.7. The summed E-state index contributed by atoms with van der Waals surface area (Å²) in [5.41, 5.74) is 5.07. The lowest BCUT2D eigenvalue weighted by Crippen LogP contribution is -2.33. The van der Waals surface area contributed by atoms with E-state index in [4.69, 9.17) is 11.6 Å². The fraction of sp³-hybridized carbons (Fsp3) is 0.333. The van der Waals surface area contributed by atoms with Crippen LogP contribution in [0.15, 0.2) is 59.7 Å². The van der Waals surface area contributed by atoms with Crippen LogP contribution >= 0.6 is 11.6 Å². The minimum Gasteiger partial charge on any atom is -0.290 e. The molecular formula is C24H25ClFN3O. The summed E-state index contributed by atoms with van der Waals surface area (Å²) < 4.78 is 13.8. The molecule has 1 aliphatic rings. The largest absolute Gasteiger partial charge is 0.290 e. The van der Waals surface area contributed by atoms with Gasteiger partial charge in [-0.2, -0.15) is 0 Å². The molecule has 1 saturated carbocycles. The highest BCUT2D eigenvalue weighted by atomic mass is 35.5. The van der Waals surface area contributed by atoms with Gasteiger partial charge in [0.2, 0.25) is 0 Å². The van der Waals surface area contributed by atoms with E-state index in [0.29, 0.717) is 22.7 Å². The van der Waals surface area contributed by atoms with Crippen LogP contribution in [0.1, 0.15) is 44.1 Å². The van der Waals surface area contributed by atoms with Gasteiger partial charge in [0.25, 0.3) is 0 Å². The minimum atomic E-state index is -0.226. The molecule has 0 bridgehead atoms. The minimum absolute atomic E-state index is 0.0956. The Bertz CT molecular complexity index is 1050. The second-order valence-corrected chi connectivity index (χ2v) is 8.48. The predicted octanol–water partition coefficient (Wildman–Crippen LogP) is 6.65. The van der Waals surface area contributed by atoms with Crippen LogP contribution in [0.2, 0.25) is 5.02 Å². The van der Waals surface area contributed by atoms with Crippen molar-refractivity contribution in [1.82, 2.24) is 10.5 Å². The Hall–Kier alpha value is -2.50. The Morgan fingerprint density at radius 2 is 1.87 bits per heavy atom. The zero-order valence-corrected chi connectivity index (χ0v) is 17.6. The molecular weight excluding hydrogens is 401 g/mol. The van der Waals surface area contributed by atoms with Crippen molar-refractivity contribution >= 4 is 34.0 Å². The number of pyridine rings is 1. The Kier molecular flexibility index (Phi) is 6.30. The zero-order valence-electron chi connectivity index (χ0n) is 16.9. The molecule has 2 aromatic carbocycles. The molecule has 30 heavy (non-hydrogen) atoms. The van der Waals surface area contributed by atoms with Gasteiger partial charge in [0.1, 0.15) is 11.7 Å². The molecule has 4 rings (SSSR count). The van der Waals surface area contributed by atoms with Crippen LogP contribution in [-0.2, 0) is 0 Å². The number of hydrogen-bond donors (Lipinski definition) is 2. The standard InChI is InChI=1S/C24H25ClFN3O/c1-15(24(29-30)28-20-9-6-18(25)7-10-20)16-2-4-17(5-3-16)21-12-13-27-23-11-8-19(26)14-22(21)23/h6-17,30H,2-5H2,1H3,(H,28,29)/t15-,16?,17?/m0/s1. The number of rotatable bonds is 4. The second-order valence-electron chi connectivity index (χ2n) is 8.05. The third kappa shape index (κ3) is 4.47. The number of fused-ring (bicyclic) bond motifs is 1. The quantitative estimate of drug-likeness (QED) is 0.279. The van der Waals surface area contributed by atoms with Gasteiger partial charge in [-0.1, -0.05) is 18.5 Å². The van der Waals surface area contributed by atoms with E-state index in [-0.39, 0.29) is 11.7 Å². The predicted molar refractivity (Wildman–Crippen MR) is 119 cm³/mol. The summed E-state index contributed by atoms with van der Waals surface area (Å²) in [6.45, 7) is 2.10. The number of hydroxylamine groups is 1. The van der Waals surface area contributed by atoms with Crippen LogP contribution in [0.5, 0.6) is 0 Å². The highest BCUT2D eigenvalue weighted by Crippen LogP contribution is 2.41. The monoisotopic (exact) mass is 425 g/mol. The fourth-order valence-electron chi connectivity index (χ4n) is 4.53. The molecule has 0 spiro atoms. The molecule has 1 aliphatic carbocycles. The number of nitrogens with one attached hydrogen (secondary N) is 1. The van der Waals surface area contributed by atoms with E-state index in [1.165, 1.54) is 11.6 Å². The number of benzene rings is 2. The van der Waals surface area contributed by atoms with E-state index in [0.717, 1.165) is 42.3 Å². The maximum absolute atomic E-state index is 13.8. The van der Waals surface area contributed by atoms with Gasteiger partial charge >= 0.3 is 0 Å². The smallest absolute Gasteiger partial charge is 0.129 e. The molecule has 0 unspecified atom stereocenters. The summed E-state index contributed by atoms with van der Waals surface area (Å²) in [6, 6.07) is 14.1. The summed E-state index contributed by atoms with van der Waals surface area (Å²) >= 11 is 5.94. The van der Waals surface area contributed by atoms with Gasteiger partial charge in [-0.25, -0.2) is 9.38 Å². The van der Waals surface area contributed by atoms with Gasteiger partial charge < -0.3 is 0 Å². The molecule has 6 heteroatoms. The van der Waals surface area contributed by atoms with Crippen molar-refractivity contribution in [2.45, 2.75) is 38.5 Å². The summed E-state index contributed by atoms with van der Waals surface area (Å²) in [7, 11) is 0. The lowest BCUT2D eigenvalue weighted by atomic mass is 9.73. The molecule has 1 fully saturated rings. The SMILES string of the molecule is C[C@H](C(=Nc1ccc(Cl)cc1)NO)C1CCC(c2ccnc3ccc(F)cc23)CC1. The van der Waals surface area contributed by atoms with E-state index < -0.39 is 0 Å². The first kappa shape index (κ1) is 20.8. The Balaban J connectivity index is 1.47. The van der Waals surface area contributed by atoms with Gasteiger partial charge in [0.15, 0.2) is 0 Å². The van der Waals surface area contributed by atoms with Crippen molar-refractivity contribution < 1.29 is 9.60 Å². The van der Waals surface area contributed by atoms with Crippen molar-refractivity contribution in [3.8, 4) is 0 Å². The van der Waals surface area contributed by atoms with Gasteiger partial charge in [-0.15, -0.1) is 0 Å². The van der Waals surface area contributed by atoms with Crippen molar-refractivity contribution in [2.75, 3.05) is 0 Å². The highest BCUT2D eigenvalue weighted by Gasteiger charge is 2.29. The zero-order chi connectivity index (χ0) is 21.1. The summed E-state index contributed by atoms with van der Waals surface area (Å²) in [5, 5.41) is 11.2. The van der Waals surface area contributed by atoms with Crippen LogP contribution < -0.4 is 5.48 Å². The molecule has 3 aromatic rings. The molecule has 1 aromatic heterocycles.